The van der Waals surface area contributed by atoms with Crippen LogP contribution >= 0.6 is 0 Å². The van der Waals surface area contributed by atoms with Gasteiger partial charge in [-0.1, -0.05) is 276 Å². The van der Waals surface area contributed by atoms with Gasteiger partial charge in [0.2, 0.25) is 5.91 Å². The van der Waals surface area contributed by atoms with Crippen molar-refractivity contribution in [3.05, 3.63) is 24.3 Å². The Morgan fingerprint density at radius 1 is 0.391 bits per heavy atom. The van der Waals surface area contributed by atoms with E-state index in [1.54, 1.807) is 0 Å². The minimum Gasteiger partial charge on any atom is -0.466 e. The second kappa shape index (κ2) is 58.9. The highest BCUT2D eigenvalue weighted by Gasteiger charge is 2.20. The van der Waals surface area contributed by atoms with E-state index in [9.17, 15) is 19.8 Å². The average Bonchev–Trinajstić information content (AvgIpc) is 3.35. The number of ether oxygens (including phenoxy) is 1. The number of unbranched alkanes of at least 4 members (excludes halogenated alkanes) is 43. The van der Waals surface area contributed by atoms with Crippen LogP contribution in [0, 0.1) is 0 Å². The molecule has 0 aromatic carbocycles. The molecule has 0 saturated carbocycles. The smallest absolute Gasteiger partial charge is 0.305 e. The third kappa shape index (κ3) is 55.5. The van der Waals surface area contributed by atoms with E-state index in [0.717, 1.165) is 44.9 Å². The molecule has 408 valence electrons. The maximum atomic E-state index is 12.5. The molecule has 2 atom stereocenters. The molecule has 2 unspecified atom stereocenters. The van der Waals surface area contributed by atoms with Gasteiger partial charge in [0.25, 0.3) is 0 Å². The van der Waals surface area contributed by atoms with Gasteiger partial charge < -0.3 is 20.3 Å². The second-order valence-corrected chi connectivity index (χ2v) is 21.4. The number of carbonyl (C=O) groups excluding carboxylic acids is 2. The number of hydrogen-bond acceptors (Lipinski definition) is 5. The Balaban J connectivity index is 3.41. The van der Waals surface area contributed by atoms with Crippen LogP contribution in [0.15, 0.2) is 24.3 Å². The lowest BCUT2D eigenvalue weighted by atomic mass is 10.0. The van der Waals surface area contributed by atoms with E-state index in [0.29, 0.717) is 25.9 Å². The number of allylic oxidation sites excluding steroid dienone is 4. The molecule has 0 heterocycles. The first-order chi connectivity index (χ1) is 34.0. The summed E-state index contributed by atoms with van der Waals surface area (Å²) in [4.78, 5) is 24.5. The van der Waals surface area contributed by atoms with E-state index in [-0.39, 0.29) is 18.5 Å². The molecule has 0 rings (SSSR count). The molecule has 0 aliphatic heterocycles. The summed E-state index contributed by atoms with van der Waals surface area (Å²) < 4.78 is 5.47. The van der Waals surface area contributed by atoms with Gasteiger partial charge in [-0.3, -0.25) is 9.59 Å². The molecule has 0 spiro atoms. The molecule has 1 amide bonds. The van der Waals surface area contributed by atoms with E-state index in [1.165, 1.54) is 263 Å². The van der Waals surface area contributed by atoms with Gasteiger partial charge in [-0.2, -0.15) is 0 Å². The third-order valence-corrected chi connectivity index (χ3v) is 14.5. The van der Waals surface area contributed by atoms with Gasteiger partial charge in [-0.15, -0.1) is 0 Å². The molecule has 69 heavy (non-hydrogen) atoms. The zero-order chi connectivity index (χ0) is 50.0. The van der Waals surface area contributed by atoms with Crippen LogP contribution in [0.5, 0.6) is 0 Å². The maximum Gasteiger partial charge on any atom is 0.305 e. The Morgan fingerprint density at radius 2 is 0.681 bits per heavy atom. The summed E-state index contributed by atoms with van der Waals surface area (Å²) in [5, 5.41) is 23.3. The van der Waals surface area contributed by atoms with E-state index in [4.69, 9.17) is 4.74 Å². The fourth-order valence-electron chi connectivity index (χ4n) is 9.69. The van der Waals surface area contributed by atoms with Crippen molar-refractivity contribution in [1.82, 2.24) is 5.32 Å². The van der Waals surface area contributed by atoms with E-state index in [1.807, 2.05) is 0 Å². The maximum absolute atomic E-state index is 12.5. The van der Waals surface area contributed by atoms with Crippen molar-refractivity contribution >= 4 is 11.9 Å². The number of rotatable bonds is 58. The van der Waals surface area contributed by atoms with Crippen molar-refractivity contribution in [3.63, 3.8) is 0 Å². The average molecular weight is 973 g/mol. The minimum atomic E-state index is -0.668. The zero-order valence-corrected chi connectivity index (χ0v) is 46.6. The fraction of sp³-hybridized carbons (Fsp3) is 0.905. The summed E-state index contributed by atoms with van der Waals surface area (Å²) >= 11 is 0. The summed E-state index contributed by atoms with van der Waals surface area (Å²) in [5.41, 5.74) is 0. The molecule has 0 aromatic heterocycles. The first-order valence-electron chi connectivity index (χ1n) is 31.1. The first kappa shape index (κ1) is 67.3. The Labute approximate surface area is 431 Å². The summed E-state index contributed by atoms with van der Waals surface area (Å²) in [6, 6.07) is -0.546. The normalized spacial score (nSPS) is 12.7. The molecule has 0 radical (unpaired) electrons. The van der Waals surface area contributed by atoms with Gasteiger partial charge in [0, 0.05) is 12.8 Å². The lowest BCUT2D eigenvalue weighted by Gasteiger charge is -2.22. The van der Waals surface area contributed by atoms with Crippen molar-refractivity contribution in [2.75, 3.05) is 13.2 Å². The zero-order valence-electron chi connectivity index (χ0n) is 46.6. The Morgan fingerprint density at radius 3 is 1.04 bits per heavy atom. The van der Waals surface area contributed by atoms with Crippen molar-refractivity contribution in [3.8, 4) is 0 Å². The molecule has 0 aliphatic rings. The van der Waals surface area contributed by atoms with Gasteiger partial charge in [-0.25, -0.2) is 0 Å². The number of hydrogen-bond donors (Lipinski definition) is 3. The van der Waals surface area contributed by atoms with Gasteiger partial charge in [-0.05, 0) is 77.0 Å². The van der Waals surface area contributed by atoms with Gasteiger partial charge >= 0.3 is 5.97 Å². The van der Waals surface area contributed by atoms with Crippen molar-refractivity contribution < 1.29 is 24.5 Å². The molecule has 0 aliphatic carbocycles. The van der Waals surface area contributed by atoms with Gasteiger partial charge in [0.05, 0.1) is 25.4 Å². The molecular weight excluding hydrogens is 851 g/mol. The standard InChI is InChI=1S/C63H121NO5/c1-3-5-7-9-11-13-15-17-18-28-32-35-39-43-47-51-55-61(66)60(59-65)64-62(67)56-52-48-44-40-36-33-29-26-24-22-20-19-21-23-25-27-30-34-38-42-46-50-54-58-69-63(68)57-53-49-45-41-37-31-16-14-12-10-8-6-4-2/h14,16,22,24,60-61,65-66H,3-13,15,17-21,23,25-59H2,1-2H3,(H,64,67)/b16-14-,24-22-. The molecular formula is C63H121NO5. The highest BCUT2D eigenvalue weighted by Crippen LogP contribution is 2.17. The van der Waals surface area contributed by atoms with Crippen molar-refractivity contribution in [2.45, 2.75) is 353 Å². The van der Waals surface area contributed by atoms with Crippen LogP contribution in [0.3, 0.4) is 0 Å². The molecule has 0 bridgehead atoms. The first-order valence-corrected chi connectivity index (χ1v) is 31.1. The summed E-state index contributed by atoms with van der Waals surface area (Å²) in [6.07, 6.45) is 71.8. The van der Waals surface area contributed by atoms with Crippen LogP contribution in [0.25, 0.3) is 0 Å². The van der Waals surface area contributed by atoms with Crippen molar-refractivity contribution in [2.24, 2.45) is 0 Å². The van der Waals surface area contributed by atoms with E-state index >= 15 is 0 Å². The van der Waals surface area contributed by atoms with Crippen LogP contribution in [0.2, 0.25) is 0 Å². The molecule has 6 nitrogen and oxygen atoms in total. The van der Waals surface area contributed by atoms with Crippen LogP contribution in [0.4, 0.5) is 0 Å². The van der Waals surface area contributed by atoms with Crippen molar-refractivity contribution in [1.29, 1.82) is 0 Å². The number of carbonyl (C=O) groups is 2. The molecule has 3 N–H and O–H groups in total. The predicted octanol–water partition coefficient (Wildman–Crippen LogP) is 19.4. The molecule has 0 fully saturated rings. The predicted molar refractivity (Wildman–Crippen MR) is 301 cm³/mol. The fourth-order valence-corrected chi connectivity index (χ4v) is 9.69. The number of amides is 1. The minimum absolute atomic E-state index is 0.00256. The SMILES string of the molecule is CCCCCC/C=C\CCCCCCCC(=O)OCCCCCCCCCCCCCC/C=C\CCCCCCCCCC(=O)NC(CO)C(O)CCCCCCCCCCCCCCCCCC. The highest BCUT2D eigenvalue weighted by atomic mass is 16.5. The van der Waals surface area contributed by atoms with Crippen LogP contribution in [0.1, 0.15) is 341 Å². The summed E-state index contributed by atoms with van der Waals surface area (Å²) in [6.45, 7) is 4.95. The van der Waals surface area contributed by atoms with Gasteiger partial charge in [0.15, 0.2) is 0 Å². The van der Waals surface area contributed by atoms with Gasteiger partial charge in [0.1, 0.15) is 0 Å². The molecule has 0 saturated heterocycles. The Hall–Kier alpha value is -1.66. The topological polar surface area (TPSA) is 95.9 Å². The molecule has 0 aromatic rings. The Kier molecular flexibility index (Phi) is 57.5. The van der Waals surface area contributed by atoms with E-state index < -0.39 is 12.1 Å². The number of esters is 1. The van der Waals surface area contributed by atoms with Crippen LogP contribution < -0.4 is 5.32 Å². The highest BCUT2D eigenvalue weighted by molar-refractivity contribution is 5.76. The third-order valence-electron chi connectivity index (χ3n) is 14.5. The number of nitrogens with one attached hydrogen (secondary N) is 1. The monoisotopic (exact) mass is 972 g/mol. The van der Waals surface area contributed by atoms with Crippen LogP contribution in [-0.4, -0.2) is 47.4 Å². The number of aliphatic hydroxyl groups excluding tert-OH is 2. The lowest BCUT2D eigenvalue weighted by molar-refractivity contribution is -0.143. The molecule has 6 heteroatoms. The second-order valence-electron chi connectivity index (χ2n) is 21.4. The number of aliphatic hydroxyl groups is 2. The lowest BCUT2D eigenvalue weighted by Crippen LogP contribution is -2.45. The summed E-state index contributed by atoms with van der Waals surface area (Å²) in [5.74, 6) is -0.0366. The summed E-state index contributed by atoms with van der Waals surface area (Å²) in [7, 11) is 0. The quantitative estimate of drug-likeness (QED) is 0.0321. The van der Waals surface area contributed by atoms with Crippen LogP contribution in [-0.2, 0) is 14.3 Å². The van der Waals surface area contributed by atoms with E-state index in [2.05, 4.69) is 43.5 Å². The Bertz CT molecular complexity index is 1080. The largest absolute Gasteiger partial charge is 0.466 e.